The third-order valence-corrected chi connectivity index (χ3v) is 4.53. The average molecular weight is 239 g/mol. The second-order valence-corrected chi connectivity index (χ2v) is 5.68. The fourth-order valence-electron chi connectivity index (χ4n) is 3.51. The Balaban J connectivity index is 1.97. The van der Waals surface area contributed by atoms with Crippen molar-refractivity contribution in [2.75, 3.05) is 13.2 Å². The molecule has 18 heavy (non-hydrogen) atoms. The largest absolute Gasteiger partial charge is 0.491 e. The molecule has 2 heteroatoms. The molecule has 0 spiro atoms. The Morgan fingerprint density at radius 1 is 1.22 bits per heavy atom. The van der Waals surface area contributed by atoms with E-state index in [9.17, 15) is 0 Å². The van der Waals surface area contributed by atoms with Crippen LogP contribution < -0.4 is 10.1 Å². The molecule has 0 bridgehead atoms. The van der Waals surface area contributed by atoms with E-state index in [1.807, 2.05) is 0 Å². The van der Waals surface area contributed by atoms with Crippen LogP contribution in [0.3, 0.4) is 0 Å². The topological polar surface area (TPSA) is 21.3 Å². The second-order valence-electron chi connectivity index (χ2n) is 5.68. The fourth-order valence-corrected chi connectivity index (χ4v) is 3.51. The summed E-state index contributed by atoms with van der Waals surface area (Å²) in [6.45, 7) is 4.15. The first-order valence-electron chi connectivity index (χ1n) is 6.67. The van der Waals surface area contributed by atoms with Crippen LogP contribution in [-0.4, -0.2) is 18.7 Å². The Morgan fingerprint density at radius 3 is 3.06 bits per heavy atom. The molecule has 1 saturated heterocycles. The number of rotatable bonds is 0. The van der Waals surface area contributed by atoms with E-state index in [1.165, 1.54) is 22.8 Å². The predicted octanol–water partition coefficient (Wildman–Crippen LogP) is 3.07. The maximum absolute atomic E-state index is 6.09. The van der Waals surface area contributed by atoms with Crippen LogP contribution in [0, 0.1) is 0 Å². The third-order valence-electron chi connectivity index (χ3n) is 4.53. The molecule has 0 radical (unpaired) electrons. The van der Waals surface area contributed by atoms with Crippen molar-refractivity contribution in [1.82, 2.24) is 5.32 Å². The molecule has 92 valence electrons. The number of nitrogens with one attached hydrogen (secondary N) is 1. The zero-order chi connectivity index (χ0) is 12.2. The monoisotopic (exact) mass is 239 g/mol. The summed E-state index contributed by atoms with van der Waals surface area (Å²) in [5.41, 5.74) is 1.50. The molecule has 1 N–H and O–H groups in total. The lowest BCUT2D eigenvalue weighted by Crippen LogP contribution is -2.48. The Bertz CT molecular complexity index is 622. The number of hydrogen-bond acceptors (Lipinski definition) is 2. The molecule has 0 amide bonds. The van der Waals surface area contributed by atoms with Gasteiger partial charge in [-0.1, -0.05) is 36.4 Å². The van der Waals surface area contributed by atoms with E-state index >= 15 is 0 Å². The number of hydrogen-bond donors (Lipinski definition) is 1. The van der Waals surface area contributed by atoms with Crippen LogP contribution in [0.5, 0.6) is 5.75 Å². The van der Waals surface area contributed by atoms with Crippen molar-refractivity contribution in [2.24, 2.45) is 0 Å². The van der Waals surface area contributed by atoms with Crippen molar-refractivity contribution < 1.29 is 4.74 Å². The molecule has 2 heterocycles. The van der Waals surface area contributed by atoms with Crippen molar-refractivity contribution in [3.8, 4) is 5.75 Å². The molecular formula is C16H17NO. The van der Waals surface area contributed by atoms with Crippen molar-refractivity contribution in [1.29, 1.82) is 0 Å². The minimum absolute atomic E-state index is 0.120. The van der Waals surface area contributed by atoms with Gasteiger partial charge >= 0.3 is 0 Å². The number of fused-ring (bicyclic) bond motifs is 5. The van der Waals surface area contributed by atoms with Crippen molar-refractivity contribution >= 4 is 10.8 Å². The van der Waals surface area contributed by atoms with Crippen LogP contribution in [0.1, 0.15) is 24.8 Å². The summed E-state index contributed by atoms with van der Waals surface area (Å²) in [5, 5.41) is 6.12. The minimum Gasteiger partial charge on any atom is -0.491 e. The lowest BCUT2D eigenvalue weighted by atomic mass is 9.79. The van der Waals surface area contributed by atoms with Gasteiger partial charge in [0.05, 0.1) is 5.54 Å². The van der Waals surface area contributed by atoms with Crippen molar-refractivity contribution in [2.45, 2.75) is 24.8 Å². The molecule has 4 rings (SSSR count). The molecule has 0 aromatic heterocycles. The quantitative estimate of drug-likeness (QED) is 0.763. The highest BCUT2D eigenvalue weighted by Gasteiger charge is 2.44. The first kappa shape index (κ1) is 10.4. The highest BCUT2D eigenvalue weighted by Crippen LogP contribution is 2.46. The fraction of sp³-hybridized carbons (Fsp3) is 0.375. The maximum atomic E-state index is 6.09. The standard InChI is InChI=1S/C16H17NO/c1-16-10-18-15-12-5-3-2-4-11(12)6-7-13(15)14(16)8-9-17-16/h2-7,14,17H,8-10H2,1H3/t14-,16+/m0/s1. The average Bonchev–Trinajstić information content (AvgIpc) is 2.80. The Morgan fingerprint density at radius 2 is 2.11 bits per heavy atom. The predicted molar refractivity (Wildman–Crippen MR) is 73.2 cm³/mol. The van der Waals surface area contributed by atoms with Crippen LogP contribution >= 0.6 is 0 Å². The second kappa shape index (κ2) is 3.48. The third kappa shape index (κ3) is 1.27. The van der Waals surface area contributed by atoms with Crippen LogP contribution in [0.4, 0.5) is 0 Å². The van der Waals surface area contributed by atoms with Gasteiger partial charge in [-0.3, -0.25) is 0 Å². The molecule has 2 nitrogen and oxygen atoms in total. The van der Waals surface area contributed by atoms with Gasteiger partial charge in [0.1, 0.15) is 12.4 Å². The van der Waals surface area contributed by atoms with Gasteiger partial charge in [0.15, 0.2) is 0 Å². The summed E-state index contributed by atoms with van der Waals surface area (Å²) < 4.78 is 6.09. The summed E-state index contributed by atoms with van der Waals surface area (Å²) in [4.78, 5) is 0. The normalized spacial score (nSPS) is 29.7. The molecule has 2 aliphatic heterocycles. The first-order valence-corrected chi connectivity index (χ1v) is 6.67. The molecule has 2 aliphatic rings. The van der Waals surface area contributed by atoms with Crippen molar-refractivity contribution in [3.63, 3.8) is 0 Å². The molecule has 1 fully saturated rings. The van der Waals surface area contributed by atoms with Gasteiger partial charge in [0.2, 0.25) is 0 Å². The van der Waals surface area contributed by atoms with E-state index in [0.29, 0.717) is 5.92 Å². The van der Waals surface area contributed by atoms with Gasteiger partial charge in [-0.25, -0.2) is 0 Å². The SMILES string of the molecule is C[C@@]12COc3c(ccc4ccccc34)[C@@H]1CCN2. The van der Waals surface area contributed by atoms with Crippen LogP contribution in [0.2, 0.25) is 0 Å². The number of ether oxygens (including phenoxy) is 1. The summed E-state index contributed by atoms with van der Waals surface area (Å²) >= 11 is 0. The molecule has 2 aromatic rings. The lowest BCUT2D eigenvalue weighted by molar-refractivity contribution is 0.173. The zero-order valence-electron chi connectivity index (χ0n) is 10.6. The van der Waals surface area contributed by atoms with E-state index in [0.717, 1.165) is 18.9 Å². The summed E-state index contributed by atoms with van der Waals surface area (Å²) in [6.07, 6.45) is 1.21. The van der Waals surface area contributed by atoms with Crippen LogP contribution in [0.25, 0.3) is 10.8 Å². The highest BCUT2D eigenvalue weighted by molar-refractivity contribution is 5.90. The van der Waals surface area contributed by atoms with Gasteiger partial charge in [0.25, 0.3) is 0 Å². The molecule has 2 atom stereocenters. The van der Waals surface area contributed by atoms with E-state index in [-0.39, 0.29) is 5.54 Å². The summed E-state index contributed by atoms with van der Waals surface area (Å²) in [5.74, 6) is 1.70. The zero-order valence-corrected chi connectivity index (χ0v) is 10.6. The minimum atomic E-state index is 0.120. The summed E-state index contributed by atoms with van der Waals surface area (Å²) in [6, 6.07) is 13.0. The summed E-state index contributed by atoms with van der Waals surface area (Å²) in [7, 11) is 0. The van der Waals surface area contributed by atoms with Gasteiger partial charge in [-0.2, -0.15) is 0 Å². The molecule has 0 aliphatic carbocycles. The Kier molecular flexibility index (Phi) is 2.01. The first-order chi connectivity index (χ1) is 8.78. The maximum Gasteiger partial charge on any atom is 0.130 e. The van der Waals surface area contributed by atoms with Crippen LogP contribution in [0.15, 0.2) is 36.4 Å². The number of benzene rings is 2. The van der Waals surface area contributed by atoms with Crippen molar-refractivity contribution in [3.05, 3.63) is 42.0 Å². The van der Waals surface area contributed by atoms with E-state index in [2.05, 4.69) is 48.6 Å². The Hall–Kier alpha value is -1.54. The molecule has 2 aromatic carbocycles. The Labute approximate surface area is 107 Å². The van der Waals surface area contributed by atoms with E-state index in [1.54, 1.807) is 0 Å². The highest BCUT2D eigenvalue weighted by atomic mass is 16.5. The smallest absolute Gasteiger partial charge is 0.130 e. The lowest BCUT2D eigenvalue weighted by Gasteiger charge is -2.38. The molecule has 0 unspecified atom stereocenters. The van der Waals surface area contributed by atoms with Gasteiger partial charge in [0, 0.05) is 11.3 Å². The van der Waals surface area contributed by atoms with Gasteiger partial charge in [-0.15, -0.1) is 0 Å². The van der Waals surface area contributed by atoms with Gasteiger partial charge in [-0.05, 0) is 30.8 Å². The molecular weight excluding hydrogens is 222 g/mol. The van der Waals surface area contributed by atoms with Gasteiger partial charge < -0.3 is 10.1 Å². The molecule has 0 saturated carbocycles. The van der Waals surface area contributed by atoms with Crippen LogP contribution in [-0.2, 0) is 0 Å². The van der Waals surface area contributed by atoms with E-state index in [4.69, 9.17) is 4.74 Å². The van der Waals surface area contributed by atoms with E-state index < -0.39 is 0 Å².